The Labute approximate surface area is 96.9 Å². The summed E-state index contributed by atoms with van der Waals surface area (Å²) in [6.07, 6.45) is 5.40. The van der Waals surface area contributed by atoms with E-state index in [4.69, 9.17) is 5.11 Å². The van der Waals surface area contributed by atoms with Crippen LogP contribution >= 0.6 is 0 Å². The van der Waals surface area contributed by atoms with Gasteiger partial charge in [-0.05, 0) is 36.8 Å². The molecule has 1 aliphatic rings. The largest absolute Gasteiger partial charge is 0.396 e. The first-order chi connectivity index (χ1) is 7.81. The van der Waals surface area contributed by atoms with Gasteiger partial charge in [-0.15, -0.1) is 0 Å². The number of aryl methyl sites for hydroxylation is 1. The molecule has 0 fully saturated rings. The third-order valence-corrected chi connectivity index (χ3v) is 3.22. The van der Waals surface area contributed by atoms with E-state index in [9.17, 15) is 0 Å². The van der Waals surface area contributed by atoms with E-state index in [0.29, 0.717) is 12.0 Å². The Morgan fingerprint density at radius 2 is 2.50 bits per heavy atom. The molecule has 0 amide bonds. The molecule has 16 heavy (non-hydrogen) atoms. The van der Waals surface area contributed by atoms with Crippen molar-refractivity contribution in [3.63, 3.8) is 0 Å². The fourth-order valence-electron chi connectivity index (χ4n) is 2.22. The number of pyridine rings is 1. The fraction of sp³-hybridized carbons (Fsp3) is 0.615. The van der Waals surface area contributed by atoms with Crippen LogP contribution in [0, 0.1) is 5.92 Å². The summed E-state index contributed by atoms with van der Waals surface area (Å²) >= 11 is 0. The lowest BCUT2D eigenvalue weighted by atomic mass is 9.91. The van der Waals surface area contributed by atoms with Gasteiger partial charge in [-0.1, -0.05) is 13.0 Å². The second kappa shape index (κ2) is 5.41. The van der Waals surface area contributed by atoms with E-state index in [0.717, 1.165) is 19.4 Å². The first-order valence-electron chi connectivity index (χ1n) is 6.09. The fourth-order valence-corrected chi connectivity index (χ4v) is 2.22. The molecule has 0 radical (unpaired) electrons. The van der Waals surface area contributed by atoms with Crippen molar-refractivity contribution in [2.45, 2.75) is 32.2 Å². The van der Waals surface area contributed by atoms with E-state index < -0.39 is 0 Å². The van der Waals surface area contributed by atoms with E-state index in [-0.39, 0.29) is 6.61 Å². The minimum absolute atomic E-state index is 0.245. The number of fused-ring (bicyclic) bond motifs is 1. The molecule has 1 heterocycles. The van der Waals surface area contributed by atoms with E-state index in [2.05, 4.69) is 23.3 Å². The third kappa shape index (κ3) is 2.60. The van der Waals surface area contributed by atoms with Gasteiger partial charge in [0.1, 0.15) is 0 Å². The molecule has 1 aromatic rings. The van der Waals surface area contributed by atoms with E-state index in [1.807, 2.05) is 12.3 Å². The van der Waals surface area contributed by atoms with Gasteiger partial charge in [-0.2, -0.15) is 0 Å². The zero-order valence-corrected chi connectivity index (χ0v) is 9.82. The maximum Gasteiger partial charge on any atom is 0.0605 e. The molecule has 0 aromatic carbocycles. The molecule has 0 saturated heterocycles. The monoisotopic (exact) mass is 220 g/mol. The van der Waals surface area contributed by atoms with Crippen LogP contribution in [-0.4, -0.2) is 23.2 Å². The van der Waals surface area contributed by atoms with Gasteiger partial charge in [0.25, 0.3) is 0 Å². The minimum Gasteiger partial charge on any atom is -0.396 e. The van der Waals surface area contributed by atoms with Crippen LogP contribution in [0.4, 0.5) is 0 Å². The van der Waals surface area contributed by atoms with Crippen LogP contribution in [0.5, 0.6) is 0 Å². The molecule has 3 heteroatoms. The molecule has 2 N–H and O–H groups in total. The zero-order valence-electron chi connectivity index (χ0n) is 9.82. The standard InChI is InChI=1S/C13H20N2O/c1-10(9-16)8-15-12-6-2-4-11-5-3-7-14-13(11)12/h3,5,7,10,12,15-16H,2,4,6,8-9H2,1H3. The Bertz CT molecular complexity index is 340. The van der Waals surface area contributed by atoms with Crippen LogP contribution < -0.4 is 5.32 Å². The maximum atomic E-state index is 9.00. The normalized spacial score (nSPS) is 21.5. The van der Waals surface area contributed by atoms with Crippen molar-refractivity contribution in [3.8, 4) is 0 Å². The average molecular weight is 220 g/mol. The predicted octanol–water partition coefficient (Wildman–Crippen LogP) is 1.68. The average Bonchev–Trinajstić information content (AvgIpc) is 2.35. The molecular formula is C13H20N2O. The highest BCUT2D eigenvalue weighted by Gasteiger charge is 2.20. The first kappa shape index (κ1) is 11.6. The minimum atomic E-state index is 0.245. The van der Waals surface area contributed by atoms with E-state index >= 15 is 0 Å². The van der Waals surface area contributed by atoms with Crippen LogP contribution in [-0.2, 0) is 6.42 Å². The molecule has 2 atom stereocenters. The van der Waals surface area contributed by atoms with Gasteiger partial charge in [0, 0.05) is 25.4 Å². The Hall–Kier alpha value is -0.930. The second-order valence-electron chi connectivity index (χ2n) is 4.69. The second-order valence-corrected chi connectivity index (χ2v) is 4.69. The van der Waals surface area contributed by atoms with Crippen LogP contribution in [0.2, 0.25) is 0 Å². The Morgan fingerprint density at radius 1 is 1.62 bits per heavy atom. The van der Waals surface area contributed by atoms with Crippen LogP contribution in [0.15, 0.2) is 18.3 Å². The molecule has 88 valence electrons. The lowest BCUT2D eigenvalue weighted by Gasteiger charge is -2.26. The summed E-state index contributed by atoms with van der Waals surface area (Å²) in [5.41, 5.74) is 2.58. The Kier molecular flexibility index (Phi) is 3.91. The van der Waals surface area contributed by atoms with Crippen molar-refractivity contribution in [2.24, 2.45) is 5.92 Å². The van der Waals surface area contributed by atoms with Crippen LogP contribution in [0.3, 0.4) is 0 Å². The highest BCUT2D eigenvalue weighted by molar-refractivity contribution is 5.25. The van der Waals surface area contributed by atoms with Gasteiger partial charge in [0.2, 0.25) is 0 Å². The summed E-state index contributed by atoms with van der Waals surface area (Å²) in [5.74, 6) is 0.314. The topological polar surface area (TPSA) is 45.1 Å². The van der Waals surface area contributed by atoms with Gasteiger partial charge in [-0.25, -0.2) is 0 Å². The van der Waals surface area contributed by atoms with Crippen molar-refractivity contribution >= 4 is 0 Å². The summed E-state index contributed by atoms with van der Waals surface area (Å²) in [6, 6.07) is 4.56. The summed E-state index contributed by atoms with van der Waals surface area (Å²) in [4.78, 5) is 4.48. The predicted molar refractivity (Wildman–Crippen MR) is 64.2 cm³/mol. The van der Waals surface area contributed by atoms with Crippen molar-refractivity contribution in [1.82, 2.24) is 10.3 Å². The number of hydrogen-bond donors (Lipinski definition) is 2. The SMILES string of the molecule is CC(CO)CNC1CCCc2cccnc21. The first-order valence-corrected chi connectivity index (χ1v) is 6.09. The van der Waals surface area contributed by atoms with Crippen molar-refractivity contribution in [2.75, 3.05) is 13.2 Å². The number of nitrogens with one attached hydrogen (secondary N) is 1. The van der Waals surface area contributed by atoms with Gasteiger partial charge in [-0.3, -0.25) is 4.98 Å². The molecule has 1 aliphatic carbocycles. The summed E-state index contributed by atoms with van der Waals surface area (Å²) in [5, 5.41) is 12.5. The van der Waals surface area contributed by atoms with Gasteiger partial charge in [0.05, 0.1) is 5.69 Å². The van der Waals surface area contributed by atoms with Crippen molar-refractivity contribution in [1.29, 1.82) is 0 Å². The number of aliphatic hydroxyl groups excluding tert-OH is 1. The maximum absolute atomic E-state index is 9.00. The zero-order chi connectivity index (χ0) is 11.4. The number of rotatable bonds is 4. The number of aromatic nitrogens is 1. The molecule has 2 unspecified atom stereocenters. The van der Waals surface area contributed by atoms with Crippen molar-refractivity contribution in [3.05, 3.63) is 29.6 Å². The summed E-state index contributed by atoms with van der Waals surface area (Å²) < 4.78 is 0. The lowest BCUT2D eigenvalue weighted by Crippen LogP contribution is -2.30. The van der Waals surface area contributed by atoms with Gasteiger partial charge >= 0.3 is 0 Å². The highest BCUT2D eigenvalue weighted by atomic mass is 16.3. The van der Waals surface area contributed by atoms with Crippen LogP contribution in [0.1, 0.15) is 37.1 Å². The smallest absolute Gasteiger partial charge is 0.0605 e. The molecular weight excluding hydrogens is 200 g/mol. The molecule has 0 saturated carbocycles. The molecule has 0 spiro atoms. The molecule has 0 aliphatic heterocycles. The van der Waals surface area contributed by atoms with Gasteiger partial charge in [0.15, 0.2) is 0 Å². The van der Waals surface area contributed by atoms with Gasteiger partial charge < -0.3 is 10.4 Å². The molecule has 3 nitrogen and oxygen atoms in total. The number of nitrogens with zero attached hydrogens (tertiary/aromatic N) is 1. The number of hydrogen-bond acceptors (Lipinski definition) is 3. The Balaban J connectivity index is 2.01. The molecule has 1 aromatic heterocycles. The molecule has 2 rings (SSSR count). The third-order valence-electron chi connectivity index (χ3n) is 3.22. The Morgan fingerprint density at radius 3 is 3.31 bits per heavy atom. The summed E-state index contributed by atoms with van der Waals surface area (Å²) in [7, 11) is 0. The quantitative estimate of drug-likeness (QED) is 0.811. The molecule has 0 bridgehead atoms. The van der Waals surface area contributed by atoms with E-state index in [1.54, 1.807) is 0 Å². The van der Waals surface area contributed by atoms with Crippen molar-refractivity contribution < 1.29 is 5.11 Å². The van der Waals surface area contributed by atoms with E-state index in [1.165, 1.54) is 17.7 Å². The highest BCUT2D eigenvalue weighted by Crippen LogP contribution is 2.27. The lowest BCUT2D eigenvalue weighted by molar-refractivity contribution is 0.228. The van der Waals surface area contributed by atoms with Crippen LogP contribution in [0.25, 0.3) is 0 Å². The summed E-state index contributed by atoms with van der Waals surface area (Å²) in [6.45, 7) is 3.15. The number of aliphatic hydroxyl groups is 1.